The smallest absolute Gasteiger partial charge is 0.227 e. The van der Waals surface area contributed by atoms with Crippen LogP contribution in [0.4, 0.5) is 11.4 Å². The first-order valence-electron chi connectivity index (χ1n) is 11.6. The van der Waals surface area contributed by atoms with Crippen molar-refractivity contribution >= 4 is 46.3 Å². The fourth-order valence-corrected chi connectivity index (χ4v) is 5.56. The van der Waals surface area contributed by atoms with Gasteiger partial charge in [0.15, 0.2) is 5.78 Å². The number of allylic oxidation sites excluding steroid dienone is 1. The minimum absolute atomic E-state index is 0.0221. The van der Waals surface area contributed by atoms with Crippen molar-refractivity contribution in [1.82, 2.24) is 0 Å². The Bertz CT molecular complexity index is 1100. The van der Waals surface area contributed by atoms with Crippen molar-refractivity contribution in [2.75, 3.05) is 10.2 Å². The molecule has 0 bridgehead atoms. The Hall–Kier alpha value is -2.30. The minimum Gasteiger partial charge on any atom is -0.357 e. The number of nitrogens with zero attached hydrogens (tertiary/aromatic N) is 1. The Morgan fingerprint density at radius 2 is 1.76 bits per heavy atom. The number of carbonyl (C=O) groups excluding carboxylic acids is 2. The average Bonchev–Trinajstić information content (AvgIpc) is 2.87. The molecule has 2 aromatic rings. The molecule has 1 aliphatic heterocycles. The monoisotopic (exact) mass is 484 g/mol. The van der Waals surface area contributed by atoms with Crippen molar-refractivity contribution in [1.29, 1.82) is 0 Å². The average molecular weight is 485 g/mol. The number of fused-ring (bicyclic) bond motifs is 1. The molecule has 4 rings (SSSR count). The number of hydrogen-bond donors (Lipinski definition) is 1. The molecule has 1 N–H and O–H groups in total. The van der Waals surface area contributed by atoms with E-state index in [-0.39, 0.29) is 17.1 Å². The van der Waals surface area contributed by atoms with Crippen molar-refractivity contribution in [2.24, 2.45) is 5.41 Å². The maximum Gasteiger partial charge on any atom is 0.227 e. The van der Waals surface area contributed by atoms with E-state index in [2.05, 4.69) is 26.1 Å². The van der Waals surface area contributed by atoms with E-state index in [0.717, 1.165) is 36.3 Å². The molecule has 0 aromatic heterocycles. The van der Waals surface area contributed by atoms with Crippen LogP contribution in [-0.2, 0) is 9.59 Å². The predicted molar refractivity (Wildman–Crippen MR) is 136 cm³/mol. The molecule has 174 valence electrons. The summed E-state index contributed by atoms with van der Waals surface area (Å²) in [6.45, 7) is 6.30. The first-order valence-corrected chi connectivity index (χ1v) is 12.4. The van der Waals surface area contributed by atoms with Gasteiger partial charge in [-0.2, -0.15) is 0 Å². The zero-order chi connectivity index (χ0) is 23.8. The van der Waals surface area contributed by atoms with Gasteiger partial charge in [-0.1, -0.05) is 75.0 Å². The zero-order valence-corrected chi connectivity index (χ0v) is 20.9. The molecule has 2 aliphatic rings. The third kappa shape index (κ3) is 4.69. The summed E-state index contributed by atoms with van der Waals surface area (Å²) >= 11 is 13.4. The number of anilines is 2. The second kappa shape index (κ2) is 9.52. The standard InChI is InChI=1S/C27H30Cl2N2O2/c1-4-5-6-14-23(33)31-21-13-8-7-12-19(21)30-20-15-27(2,3)16-22(32)25(20)26(31)24-17(28)10-9-11-18(24)29/h7-13,26,30H,4-6,14-16H2,1-3H3/t26-/m1/s1. The Morgan fingerprint density at radius 1 is 1.06 bits per heavy atom. The third-order valence-corrected chi connectivity index (χ3v) is 7.10. The highest BCUT2D eigenvalue weighted by Crippen LogP contribution is 2.50. The first-order chi connectivity index (χ1) is 15.7. The number of hydrogen-bond acceptors (Lipinski definition) is 3. The lowest BCUT2D eigenvalue weighted by molar-refractivity contribution is -0.119. The van der Waals surface area contributed by atoms with E-state index < -0.39 is 6.04 Å². The topological polar surface area (TPSA) is 49.4 Å². The second-order valence-electron chi connectivity index (χ2n) is 9.73. The van der Waals surface area contributed by atoms with E-state index in [1.165, 1.54) is 0 Å². The van der Waals surface area contributed by atoms with Crippen molar-refractivity contribution in [3.05, 3.63) is 69.3 Å². The van der Waals surface area contributed by atoms with Crippen LogP contribution in [0.5, 0.6) is 0 Å². The lowest BCUT2D eigenvalue weighted by Crippen LogP contribution is -2.39. The quantitative estimate of drug-likeness (QED) is 0.441. The highest BCUT2D eigenvalue weighted by molar-refractivity contribution is 6.36. The molecule has 1 aliphatic carbocycles. The number of ketones is 1. The van der Waals surface area contributed by atoms with Crippen LogP contribution in [-0.4, -0.2) is 11.7 Å². The van der Waals surface area contributed by atoms with E-state index in [1.54, 1.807) is 23.1 Å². The molecule has 0 radical (unpaired) electrons. The molecule has 6 heteroatoms. The summed E-state index contributed by atoms with van der Waals surface area (Å²) < 4.78 is 0. The zero-order valence-electron chi connectivity index (χ0n) is 19.4. The number of carbonyl (C=O) groups is 2. The van der Waals surface area contributed by atoms with Crippen molar-refractivity contribution in [3.63, 3.8) is 0 Å². The molecule has 4 nitrogen and oxygen atoms in total. The number of halogens is 2. The van der Waals surface area contributed by atoms with E-state index in [9.17, 15) is 9.59 Å². The number of Topliss-reactive ketones (excluding diaryl/α,β-unsaturated/α-hetero) is 1. The fraction of sp³-hybridized carbons (Fsp3) is 0.407. The molecule has 0 unspecified atom stereocenters. The van der Waals surface area contributed by atoms with Gasteiger partial charge in [0.2, 0.25) is 5.91 Å². The summed E-state index contributed by atoms with van der Waals surface area (Å²) in [7, 11) is 0. The van der Waals surface area contributed by atoms with Gasteiger partial charge in [0.1, 0.15) is 0 Å². The fourth-order valence-electron chi connectivity index (χ4n) is 4.95. The Labute approximate surface area is 206 Å². The van der Waals surface area contributed by atoms with Crippen LogP contribution < -0.4 is 10.2 Å². The number of para-hydroxylation sites is 2. The van der Waals surface area contributed by atoms with Gasteiger partial charge in [0.05, 0.1) is 17.4 Å². The summed E-state index contributed by atoms with van der Waals surface area (Å²) in [5.41, 5.74) is 3.39. The van der Waals surface area contributed by atoms with Crippen LogP contribution in [0.3, 0.4) is 0 Å². The molecule has 2 aromatic carbocycles. The predicted octanol–water partition coefficient (Wildman–Crippen LogP) is 7.72. The summed E-state index contributed by atoms with van der Waals surface area (Å²) in [5, 5.41) is 4.41. The van der Waals surface area contributed by atoms with Crippen LogP contribution in [0.2, 0.25) is 10.0 Å². The largest absolute Gasteiger partial charge is 0.357 e. The molecule has 1 atom stereocenters. The lowest BCUT2D eigenvalue weighted by Gasteiger charge is -2.37. The number of rotatable bonds is 5. The summed E-state index contributed by atoms with van der Waals surface area (Å²) in [6.07, 6.45) is 4.27. The van der Waals surface area contributed by atoms with Crippen LogP contribution in [0.15, 0.2) is 53.7 Å². The molecule has 0 saturated carbocycles. The Kier molecular flexibility index (Phi) is 6.88. The number of benzene rings is 2. The molecule has 1 amide bonds. The maximum atomic E-state index is 13.8. The van der Waals surface area contributed by atoms with Gasteiger partial charge in [0, 0.05) is 39.7 Å². The van der Waals surface area contributed by atoms with Crippen LogP contribution in [0, 0.1) is 5.41 Å². The number of amides is 1. The van der Waals surface area contributed by atoms with Gasteiger partial charge in [-0.05, 0) is 42.5 Å². The lowest BCUT2D eigenvalue weighted by atomic mass is 9.73. The molecule has 1 heterocycles. The van der Waals surface area contributed by atoms with Crippen molar-refractivity contribution in [3.8, 4) is 0 Å². The summed E-state index contributed by atoms with van der Waals surface area (Å²) in [4.78, 5) is 29.2. The molecule has 0 saturated heterocycles. The van der Waals surface area contributed by atoms with E-state index in [4.69, 9.17) is 23.2 Å². The Balaban J connectivity index is 1.98. The van der Waals surface area contributed by atoms with Gasteiger partial charge < -0.3 is 5.32 Å². The van der Waals surface area contributed by atoms with E-state index in [0.29, 0.717) is 40.4 Å². The van der Waals surface area contributed by atoms with Gasteiger partial charge in [0.25, 0.3) is 0 Å². The van der Waals surface area contributed by atoms with Crippen LogP contribution >= 0.6 is 23.2 Å². The second-order valence-corrected chi connectivity index (χ2v) is 10.5. The number of unbranched alkanes of at least 4 members (excludes halogenated alkanes) is 2. The molecule has 0 fully saturated rings. The molecule has 0 spiro atoms. The highest BCUT2D eigenvalue weighted by Gasteiger charge is 2.44. The van der Waals surface area contributed by atoms with Crippen LogP contribution in [0.25, 0.3) is 0 Å². The molecular weight excluding hydrogens is 455 g/mol. The van der Waals surface area contributed by atoms with Gasteiger partial charge >= 0.3 is 0 Å². The SMILES string of the molecule is CCCCCC(=O)N1c2ccccc2NC2=C(C(=O)CC(C)(C)C2)[C@H]1c1c(Cl)cccc1Cl. The van der Waals surface area contributed by atoms with Crippen LogP contribution in [0.1, 0.15) is 70.9 Å². The highest BCUT2D eigenvalue weighted by atomic mass is 35.5. The molecule has 33 heavy (non-hydrogen) atoms. The summed E-state index contributed by atoms with van der Waals surface area (Å²) in [5.74, 6) is -0.0148. The van der Waals surface area contributed by atoms with Crippen molar-refractivity contribution < 1.29 is 9.59 Å². The van der Waals surface area contributed by atoms with Gasteiger partial charge in [-0.15, -0.1) is 0 Å². The van der Waals surface area contributed by atoms with E-state index >= 15 is 0 Å². The van der Waals surface area contributed by atoms with Gasteiger partial charge in [-0.25, -0.2) is 0 Å². The third-order valence-electron chi connectivity index (χ3n) is 6.44. The maximum absolute atomic E-state index is 13.8. The van der Waals surface area contributed by atoms with E-state index in [1.807, 2.05) is 24.3 Å². The number of nitrogens with one attached hydrogen (secondary N) is 1. The van der Waals surface area contributed by atoms with Crippen molar-refractivity contribution in [2.45, 2.75) is 65.3 Å². The minimum atomic E-state index is -0.685. The summed E-state index contributed by atoms with van der Waals surface area (Å²) in [6, 6.07) is 12.4. The molecular formula is C27H30Cl2N2O2. The van der Waals surface area contributed by atoms with Gasteiger partial charge in [-0.3, -0.25) is 14.5 Å². The normalized spacial score (nSPS) is 19.5. The first kappa shape index (κ1) is 23.8. The Morgan fingerprint density at radius 3 is 2.45 bits per heavy atom.